The van der Waals surface area contributed by atoms with Crippen LogP contribution in [0.4, 0.5) is 19.6 Å². The molecule has 5 nitrogen and oxygen atoms in total. The third-order valence-corrected chi connectivity index (χ3v) is 7.17. The van der Waals surface area contributed by atoms with E-state index in [0.29, 0.717) is 39.3 Å². The number of halogens is 2. The van der Waals surface area contributed by atoms with Crippen molar-refractivity contribution >= 4 is 44.1 Å². The summed E-state index contributed by atoms with van der Waals surface area (Å²) < 4.78 is 28.9. The van der Waals surface area contributed by atoms with E-state index in [1.807, 2.05) is 0 Å². The maximum atomic E-state index is 14.8. The molecule has 0 unspecified atom stereocenters. The third-order valence-electron chi connectivity index (χ3n) is 6.23. The first-order valence-corrected chi connectivity index (χ1v) is 11.7. The fourth-order valence-corrected chi connectivity index (χ4v) is 5.38. The second-order valence-electron chi connectivity index (χ2n) is 8.37. The first-order valence-electron chi connectivity index (χ1n) is 10.9. The number of carbonyl (C=O) groups is 2. The topological polar surface area (TPSA) is 79.3 Å². The zero-order valence-electron chi connectivity index (χ0n) is 17.9. The van der Waals surface area contributed by atoms with Gasteiger partial charge in [0, 0.05) is 11.5 Å². The molecular formula is C26H20F2N2O3S. The molecule has 2 atom stereocenters. The Morgan fingerprint density at radius 3 is 2.41 bits per heavy atom. The zero-order chi connectivity index (χ0) is 23.8. The average molecular weight is 479 g/mol. The van der Waals surface area contributed by atoms with E-state index in [1.165, 1.54) is 29.5 Å². The molecule has 1 saturated carbocycles. The lowest BCUT2D eigenvalue weighted by atomic mass is 9.88. The molecule has 1 aromatic heterocycles. The molecule has 0 aliphatic heterocycles. The van der Waals surface area contributed by atoms with Crippen molar-refractivity contribution in [3.63, 3.8) is 0 Å². The number of aromatic nitrogens is 1. The fourth-order valence-electron chi connectivity index (χ4n) is 4.47. The number of Topliss-reactive ketones (excluding diaryl/α,β-unsaturated/α-hetero) is 1. The predicted octanol–water partition coefficient (Wildman–Crippen LogP) is 6.67. The van der Waals surface area contributed by atoms with Crippen LogP contribution in [-0.2, 0) is 4.79 Å². The molecule has 34 heavy (non-hydrogen) atoms. The van der Waals surface area contributed by atoms with Crippen LogP contribution in [0, 0.1) is 23.5 Å². The van der Waals surface area contributed by atoms with Crippen molar-refractivity contribution in [1.82, 2.24) is 4.98 Å². The van der Waals surface area contributed by atoms with E-state index in [9.17, 15) is 23.5 Å². The van der Waals surface area contributed by atoms with Crippen molar-refractivity contribution in [2.75, 3.05) is 5.32 Å². The van der Waals surface area contributed by atoms with Gasteiger partial charge in [-0.15, -0.1) is 0 Å². The first-order chi connectivity index (χ1) is 16.4. The predicted molar refractivity (Wildman–Crippen MR) is 127 cm³/mol. The van der Waals surface area contributed by atoms with Crippen LogP contribution in [-0.4, -0.2) is 21.8 Å². The molecule has 2 N–H and O–H groups in total. The number of aliphatic carboxylic acids is 1. The molecule has 172 valence electrons. The number of hydrogen-bond donors (Lipinski definition) is 2. The molecule has 1 fully saturated rings. The number of carbonyl (C=O) groups excluding carboxylic acids is 1. The number of nitrogens with zero attached hydrogens (tertiary/aromatic N) is 1. The summed E-state index contributed by atoms with van der Waals surface area (Å²) in [6.45, 7) is 0. The molecule has 1 aliphatic rings. The van der Waals surface area contributed by atoms with Crippen LogP contribution < -0.4 is 5.32 Å². The van der Waals surface area contributed by atoms with E-state index >= 15 is 0 Å². The quantitative estimate of drug-likeness (QED) is 0.303. The van der Waals surface area contributed by atoms with Crippen molar-refractivity contribution in [3.8, 4) is 11.1 Å². The van der Waals surface area contributed by atoms with E-state index in [4.69, 9.17) is 0 Å². The molecule has 1 aliphatic carbocycles. The van der Waals surface area contributed by atoms with Crippen LogP contribution in [0.15, 0.2) is 60.7 Å². The lowest BCUT2D eigenvalue weighted by Gasteiger charge is -2.15. The Morgan fingerprint density at radius 2 is 1.68 bits per heavy atom. The standard InChI is InChI=1S/C26H20F2N2O3S/c27-17-9-11-22-23(13-17)34-26(30-22)29-21-10-8-16(12-20(21)28)14-4-6-15(7-5-14)24(31)18-2-1-3-19(18)25(32)33/h4-13,18-19H,1-3H2,(H,29,30)(H,32,33)/t18-,19-/m1/s1. The number of fused-ring (bicyclic) bond motifs is 1. The molecule has 0 saturated heterocycles. The highest BCUT2D eigenvalue weighted by molar-refractivity contribution is 7.22. The highest BCUT2D eigenvalue weighted by Gasteiger charge is 2.37. The van der Waals surface area contributed by atoms with E-state index in [0.717, 1.165) is 12.0 Å². The summed E-state index contributed by atoms with van der Waals surface area (Å²) in [7, 11) is 0. The normalized spacial score (nSPS) is 17.7. The van der Waals surface area contributed by atoms with Gasteiger partial charge in [-0.25, -0.2) is 13.8 Å². The summed E-state index contributed by atoms with van der Waals surface area (Å²) in [5.74, 6) is -3.03. The largest absolute Gasteiger partial charge is 0.481 e. The van der Waals surface area contributed by atoms with Crippen molar-refractivity contribution in [1.29, 1.82) is 0 Å². The maximum absolute atomic E-state index is 14.8. The van der Waals surface area contributed by atoms with Gasteiger partial charge in [0.2, 0.25) is 0 Å². The smallest absolute Gasteiger partial charge is 0.307 e. The monoisotopic (exact) mass is 478 g/mol. The Bertz CT molecular complexity index is 1400. The summed E-state index contributed by atoms with van der Waals surface area (Å²) in [6, 6.07) is 15.9. The number of ketones is 1. The summed E-state index contributed by atoms with van der Waals surface area (Å²) in [6.07, 6.45) is 1.84. The number of nitrogens with one attached hydrogen (secondary N) is 1. The van der Waals surface area contributed by atoms with E-state index in [2.05, 4.69) is 10.3 Å². The fraction of sp³-hybridized carbons (Fsp3) is 0.192. The van der Waals surface area contributed by atoms with E-state index in [1.54, 1.807) is 42.5 Å². The zero-order valence-corrected chi connectivity index (χ0v) is 18.7. The molecule has 0 bridgehead atoms. The second-order valence-corrected chi connectivity index (χ2v) is 9.41. The number of carboxylic acids is 1. The van der Waals surface area contributed by atoms with Gasteiger partial charge < -0.3 is 10.4 Å². The number of thiazole rings is 1. The van der Waals surface area contributed by atoms with Gasteiger partial charge in [0.25, 0.3) is 0 Å². The summed E-state index contributed by atoms with van der Waals surface area (Å²) in [5, 5.41) is 12.8. The van der Waals surface area contributed by atoms with Crippen LogP contribution in [0.25, 0.3) is 21.3 Å². The lowest BCUT2D eigenvalue weighted by Crippen LogP contribution is -2.25. The third kappa shape index (κ3) is 4.28. The Labute approximate surface area is 198 Å². The minimum atomic E-state index is -0.922. The lowest BCUT2D eigenvalue weighted by molar-refractivity contribution is -0.142. The van der Waals surface area contributed by atoms with Gasteiger partial charge in [-0.05, 0) is 54.3 Å². The van der Waals surface area contributed by atoms with Crippen LogP contribution in [0.3, 0.4) is 0 Å². The number of rotatable bonds is 6. The molecule has 3 aromatic carbocycles. The van der Waals surface area contributed by atoms with Gasteiger partial charge >= 0.3 is 5.97 Å². The summed E-state index contributed by atoms with van der Waals surface area (Å²) >= 11 is 1.23. The first kappa shape index (κ1) is 22.2. The number of anilines is 2. The van der Waals surface area contributed by atoms with E-state index in [-0.39, 0.29) is 17.3 Å². The van der Waals surface area contributed by atoms with Crippen molar-refractivity contribution < 1.29 is 23.5 Å². The molecular weight excluding hydrogens is 458 g/mol. The second kappa shape index (κ2) is 8.95. The maximum Gasteiger partial charge on any atom is 0.307 e. The molecule has 0 spiro atoms. The number of benzene rings is 3. The van der Waals surface area contributed by atoms with Crippen LogP contribution in [0.2, 0.25) is 0 Å². The van der Waals surface area contributed by atoms with Gasteiger partial charge in [-0.3, -0.25) is 9.59 Å². The Balaban J connectivity index is 1.32. The van der Waals surface area contributed by atoms with Crippen molar-refractivity contribution in [3.05, 3.63) is 77.9 Å². The Hall–Kier alpha value is -3.65. The molecule has 0 radical (unpaired) electrons. The highest BCUT2D eigenvalue weighted by Crippen LogP contribution is 2.35. The summed E-state index contributed by atoms with van der Waals surface area (Å²) in [5.41, 5.74) is 2.72. The van der Waals surface area contributed by atoms with Crippen LogP contribution >= 0.6 is 11.3 Å². The van der Waals surface area contributed by atoms with Gasteiger partial charge in [-0.1, -0.05) is 48.1 Å². The van der Waals surface area contributed by atoms with Gasteiger partial charge in [0.15, 0.2) is 10.9 Å². The Kier molecular flexibility index (Phi) is 5.83. The minimum absolute atomic E-state index is 0.155. The Morgan fingerprint density at radius 1 is 0.941 bits per heavy atom. The van der Waals surface area contributed by atoms with E-state index < -0.39 is 23.6 Å². The minimum Gasteiger partial charge on any atom is -0.481 e. The molecule has 4 aromatic rings. The van der Waals surface area contributed by atoms with Crippen molar-refractivity contribution in [2.24, 2.45) is 11.8 Å². The molecule has 0 amide bonds. The average Bonchev–Trinajstić information content (AvgIpc) is 3.47. The number of carboxylic acid groups (broad SMARTS) is 1. The van der Waals surface area contributed by atoms with Gasteiger partial charge in [0.05, 0.1) is 21.8 Å². The number of hydrogen-bond acceptors (Lipinski definition) is 5. The van der Waals surface area contributed by atoms with Crippen molar-refractivity contribution in [2.45, 2.75) is 19.3 Å². The molecule has 8 heteroatoms. The SMILES string of the molecule is O=C(O)[C@@H]1CCC[C@H]1C(=O)c1ccc(-c2ccc(Nc3nc4ccc(F)cc4s3)c(F)c2)cc1. The van der Waals surface area contributed by atoms with Gasteiger partial charge in [-0.2, -0.15) is 0 Å². The molecule has 1 heterocycles. The highest BCUT2D eigenvalue weighted by atomic mass is 32.1. The molecule has 5 rings (SSSR count). The van der Waals surface area contributed by atoms with Crippen LogP contribution in [0.5, 0.6) is 0 Å². The van der Waals surface area contributed by atoms with Gasteiger partial charge in [0.1, 0.15) is 11.6 Å². The summed E-state index contributed by atoms with van der Waals surface area (Å²) in [4.78, 5) is 28.6. The van der Waals surface area contributed by atoms with Crippen LogP contribution in [0.1, 0.15) is 29.6 Å².